The molecule has 3 aromatic carbocycles. The maximum absolute atomic E-state index is 14.3. The molecule has 10 nitrogen and oxygen atoms in total. The molecule has 3 rings (SSSR count). The highest BCUT2D eigenvalue weighted by Gasteiger charge is 2.34. The van der Waals surface area contributed by atoms with Gasteiger partial charge in [0.1, 0.15) is 18.3 Å². The molecule has 0 bridgehead atoms. The highest BCUT2D eigenvalue weighted by atomic mass is 35.5. The van der Waals surface area contributed by atoms with Gasteiger partial charge in [0, 0.05) is 29.2 Å². The van der Waals surface area contributed by atoms with Crippen LogP contribution in [0.25, 0.3) is 0 Å². The predicted octanol–water partition coefficient (Wildman–Crippen LogP) is 5.40. The number of ether oxygens (including phenoxy) is 3. The van der Waals surface area contributed by atoms with E-state index in [9.17, 15) is 18.0 Å². The Bertz CT molecular complexity index is 1580. The number of hydrogen-bond donors (Lipinski definition) is 1. The van der Waals surface area contributed by atoms with Crippen LogP contribution in [0.15, 0.2) is 65.6 Å². The lowest BCUT2D eigenvalue weighted by molar-refractivity contribution is -0.139. The highest BCUT2D eigenvalue weighted by Crippen LogP contribution is 2.37. The first-order valence-electron chi connectivity index (χ1n) is 13.7. The number of anilines is 1. The first-order valence-corrected chi connectivity index (χ1v) is 15.9. The fourth-order valence-electron chi connectivity index (χ4n) is 4.32. The molecule has 13 heteroatoms. The van der Waals surface area contributed by atoms with E-state index in [1.165, 1.54) is 62.6 Å². The number of halogens is 2. The van der Waals surface area contributed by atoms with Gasteiger partial charge in [0.25, 0.3) is 10.0 Å². The number of nitrogens with one attached hydrogen (secondary N) is 1. The van der Waals surface area contributed by atoms with Crippen LogP contribution in [0.2, 0.25) is 10.0 Å². The summed E-state index contributed by atoms with van der Waals surface area (Å²) in [6.45, 7) is 5.14. The second kappa shape index (κ2) is 15.4. The molecule has 1 atom stereocenters. The summed E-state index contributed by atoms with van der Waals surface area (Å²) in [5.74, 6) is -0.227. The van der Waals surface area contributed by atoms with Crippen molar-refractivity contribution in [1.82, 2.24) is 10.2 Å². The molecular weight excluding hydrogens is 629 g/mol. The van der Waals surface area contributed by atoms with Crippen molar-refractivity contribution in [2.24, 2.45) is 5.92 Å². The van der Waals surface area contributed by atoms with Crippen molar-refractivity contribution >= 4 is 50.7 Å². The van der Waals surface area contributed by atoms with Crippen molar-refractivity contribution in [1.29, 1.82) is 0 Å². The number of carbonyl (C=O) groups is 2. The molecule has 0 aliphatic heterocycles. The van der Waals surface area contributed by atoms with Crippen LogP contribution in [0.1, 0.15) is 26.3 Å². The molecule has 0 aliphatic rings. The van der Waals surface area contributed by atoms with Gasteiger partial charge < -0.3 is 24.4 Å². The normalized spacial score (nSPS) is 11.9. The topological polar surface area (TPSA) is 114 Å². The average Bonchev–Trinajstić information content (AvgIpc) is 3.00. The van der Waals surface area contributed by atoms with Crippen LogP contribution in [-0.4, -0.2) is 65.6 Å². The van der Waals surface area contributed by atoms with Gasteiger partial charge in [-0.2, -0.15) is 0 Å². The lowest BCUT2D eigenvalue weighted by Crippen LogP contribution is -2.51. The largest absolute Gasteiger partial charge is 0.495 e. The van der Waals surface area contributed by atoms with Crippen LogP contribution >= 0.6 is 23.2 Å². The molecule has 44 heavy (non-hydrogen) atoms. The molecule has 0 aromatic heterocycles. The second-order valence-electron chi connectivity index (χ2n) is 10.3. The Morgan fingerprint density at radius 1 is 0.864 bits per heavy atom. The van der Waals surface area contributed by atoms with Crippen molar-refractivity contribution < 1.29 is 32.2 Å². The minimum Gasteiger partial charge on any atom is -0.495 e. The molecule has 0 aliphatic carbocycles. The monoisotopic (exact) mass is 665 g/mol. The van der Waals surface area contributed by atoms with E-state index in [4.69, 9.17) is 37.4 Å². The van der Waals surface area contributed by atoms with Gasteiger partial charge in [-0.25, -0.2) is 8.42 Å². The summed E-state index contributed by atoms with van der Waals surface area (Å²) in [4.78, 5) is 28.5. The van der Waals surface area contributed by atoms with Crippen LogP contribution in [0, 0.1) is 5.92 Å². The molecule has 0 radical (unpaired) electrons. The minimum absolute atomic E-state index is 0.0257. The van der Waals surface area contributed by atoms with Crippen molar-refractivity contribution in [3.05, 3.63) is 76.3 Å². The second-order valence-corrected chi connectivity index (χ2v) is 13.0. The maximum Gasteiger partial charge on any atom is 0.265 e. The van der Waals surface area contributed by atoms with Crippen molar-refractivity contribution in [2.45, 2.75) is 38.3 Å². The third kappa shape index (κ3) is 8.28. The average molecular weight is 667 g/mol. The number of hydrogen-bond acceptors (Lipinski definition) is 7. The Labute approximate surface area is 268 Å². The summed E-state index contributed by atoms with van der Waals surface area (Å²) in [6, 6.07) is 14.5. The first kappa shape index (κ1) is 34.8. The molecule has 3 aromatic rings. The number of carbonyl (C=O) groups excluding carboxylic acids is 2. The number of rotatable bonds is 14. The van der Waals surface area contributed by atoms with E-state index in [1.807, 2.05) is 13.8 Å². The van der Waals surface area contributed by atoms with Crippen molar-refractivity contribution in [3.63, 3.8) is 0 Å². The van der Waals surface area contributed by atoms with E-state index < -0.39 is 34.4 Å². The van der Waals surface area contributed by atoms with Crippen molar-refractivity contribution in [2.75, 3.05) is 38.7 Å². The Hall–Kier alpha value is -3.67. The van der Waals surface area contributed by atoms with Gasteiger partial charge in [-0.15, -0.1) is 0 Å². The fourth-order valence-corrected chi connectivity index (χ4v) is 6.12. The standard InChI is InChI=1S/C31H37Cl2N3O7S/c1-20(2)17-34-31(38)21(3)35(18-22-9-7-8-10-25(22)33)30(37)19-36(26-15-23(32)11-13-27(26)41-4)44(39,40)24-12-14-28(42-5)29(16-24)43-6/h7-16,20-21H,17-19H2,1-6H3,(H,34,38). The Morgan fingerprint density at radius 2 is 1.50 bits per heavy atom. The van der Waals surface area contributed by atoms with E-state index in [2.05, 4.69) is 5.32 Å². The first-order chi connectivity index (χ1) is 20.8. The fraction of sp³-hybridized carbons (Fsp3) is 0.355. The summed E-state index contributed by atoms with van der Waals surface area (Å²) in [5.41, 5.74) is 0.610. The quantitative estimate of drug-likeness (QED) is 0.245. The lowest BCUT2D eigenvalue weighted by Gasteiger charge is -2.32. The Morgan fingerprint density at radius 3 is 2.11 bits per heavy atom. The zero-order valence-corrected chi connectivity index (χ0v) is 27.8. The van der Waals surface area contributed by atoms with Gasteiger partial charge in [-0.1, -0.05) is 55.2 Å². The third-order valence-corrected chi connectivity index (χ3v) is 9.14. The van der Waals surface area contributed by atoms with E-state index in [0.29, 0.717) is 22.9 Å². The summed E-state index contributed by atoms with van der Waals surface area (Å²) < 4.78 is 45.6. The molecule has 2 amide bonds. The lowest BCUT2D eigenvalue weighted by atomic mass is 10.1. The number of sulfonamides is 1. The highest BCUT2D eigenvalue weighted by molar-refractivity contribution is 7.92. The third-order valence-electron chi connectivity index (χ3n) is 6.78. The van der Waals surface area contributed by atoms with E-state index in [0.717, 1.165) is 4.31 Å². The summed E-state index contributed by atoms with van der Waals surface area (Å²) in [6.07, 6.45) is 0. The molecule has 238 valence electrons. The van der Waals surface area contributed by atoms with Crippen LogP contribution in [-0.2, 0) is 26.2 Å². The van der Waals surface area contributed by atoms with E-state index in [1.54, 1.807) is 31.2 Å². The Balaban J connectivity index is 2.14. The SMILES string of the molecule is COc1ccc(S(=O)(=O)N(CC(=O)N(Cc2ccccc2Cl)C(C)C(=O)NCC(C)C)c2cc(Cl)ccc2OC)cc1OC. The van der Waals surface area contributed by atoms with Gasteiger partial charge in [0.15, 0.2) is 11.5 Å². The zero-order chi connectivity index (χ0) is 32.6. The molecule has 0 heterocycles. The number of methoxy groups -OCH3 is 3. The minimum atomic E-state index is -4.45. The van der Waals surface area contributed by atoms with E-state index in [-0.39, 0.29) is 39.6 Å². The Kier molecular flexibility index (Phi) is 12.2. The maximum atomic E-state index is 14.3. The molecule has 0 spiro atoms. The summed E-state index contributed by atoms with van der Waals surface area (Å²) in [5, 5.41) is 3.46. The summed E-state index contributed by atoms with van der Waals surface area (Å²) >= 11 is 12.7. The molecule has 1 unspecified atom stereocenters. The van der Waals surface area contributed by atoms with E-state index >= 15 is 0 Å². The van der Waals surface area contributed by atoms with Crippen molar-refractivity contribution in [3.8, 4) is 17.2 Å². The smallest absolute Gasteiger partial charge is 0.265 e. The number of benzene rings is 3. The van der Waals surface area contributed by atoms with Crippen LogP contribution in [0.4, 0.5) is 5.69 Å². The van der Waals surface area contributed by atoms with Gasteiger partial charge >= 0.3 is 0 Å². The van der Waals surface area contributed by atoms with Gasteiger partial charge in [-0.05, 0) is 54.8 Å². The number of nitrogens with zero attached hydrogens (tertiary/aromatic N) is 2. The van der Waals surface area contributed by atoms with Gasteiger partial charge in [0.05, 0.1) is 31.9 Å². The van der Waals surface area contributed by atoms with Crippen LogP contribution in [0.5, 0.6) is 17.2 Å². The predicted molar refractivity (Wildman–Crippen MR) is 171 cm³/mol. The summed E-state index contributed by atoms with van der Waals surface area (Å²) in [7, 11) is -0.264. The molecule has 0 fully saturated rings. The van der Waals surface area contributed by atoms with Gasteiger partial charge in [0.2, 0.25) is 11.8 Å². The van der Waals surface area contributed by atoms with Crippen LogP contribution < -0.4 is 23.8 Å². The number of amides is 2. The molecule has 0 saturated carbocycles. The van der Waals surface area contributed by atoms with Gasteiger partial charge in [-0.3, -0.25) is 13.9 Å². The molecule has 1 N–H and O–H groups in total. The zero-order valence-electron chi connectivity index (χ0n) is 25.5. The molecular formula is C31H37Cl2N3O7S. The molecule has 0 saturated heterocycles. The van der Waals surface area contributed by atoms with Crippen LogP contribution in [0.3, 0.4) is 0 Å².